The molecule has 1 saturated carbocycles. The Kier molecular flexibility index (Phi) is 2.37. The van der Waals surface area contributed by atoms with Crippen molar-refractivity contribution >= 4 is 5.82 Å². The van der Waals surface area contributed by atoms with E-state index in [0.717, 1.165) is 24.6 Å². The van der Waals surface area contributed by atoms with E-state index in [2.05, 4.69) is 15.3 Å². The molecule has 0 aliphatic heterocycles. The zero-order valence-electron chi connectivity index (χ0n) is 8.45. The van der Waals surface area contributed by atoms with E-state index in [9.17, 15) is 0 Å². The Balaban J connectivity index is 1.92. The van der Waals surface area contributed by atoms with E-state index in [1.54, 1.807) is 6.33 Å². The molecule has 0 atom stereocenters. The summed E-state index contributed by atoms with van der Waals surface area (Å²) < 4.78 is 0. The van der Waals surface area contributed by atoms with Crippen LogP contribution in [0.4, 0.5) is 5.82 Å². The van der Waals surface area contributed by atoms with Gasteiger partial charge in [-0.1, -0.05) is 0 Å². The Labute approximate surface area is 83.9 Å². The maximum absolute atomic E-state index is 5.69. The Morgan fingerprint density at radius 1 is 1.50 bits per heavy atom. The zero-order valence-corrected chi connectivity index (χ0v) is 8.45. The van der Waals surface area contributed by atoms with Gasteiger partial charge in [0.15, 0.2) is 0 Å². The number of rotatable bonds is 4. The monoisotopic (exact) mass is 192 g/mol. The van der Waals surface area contributed by atoms with Gasteiger partial charge >= 0.3 is 0 Å². The fraction of sp³-hybridized carbons (Fsp3) is 0.600. The first kappa shape index (κ1) is 9.40. The van der Waals surface area contributed by atoms with E-state index in [1.165, 1.54) is 12.8 Å². The molecule has 1 aliphatic carbocycles. The number of aromatic nitrogens is 2. The molecule has 1 aliphatic rings. The highest BCUT2D eigenvalue weighted by molar-refractivity contribution is 5.35. The van der Waals surface area contributed by atoms with Gasteiger partial charge in [-0.25, -0.2) is 9.97 Å². The molecule has 14 heavy (non-hydrogen) atoms. The molecule has 1 aromatic heterocycles. The van der Waals surface area contributed by atoms with Crippen LogP contribution in [0, 0.1) is 12.3 Å². The van der Waals surface area contributed by atoms with Crippen molar-refractivity contribution < 1.29 is 0 Å². The van der Waals surface area contributed by atoms with Crippen LogP contribution in [0.5, 0.6) is 0 Å². The van der Waals surface area contributed by atoms with E-state index in [4.69, 9.17) is 5.73 Å². The van der Waals surface area contributed by atoms with E-state index < -0.39 is 0 Å². The van der Waals surface area contributed by atoms with Crippen LogP contribution in [0.3, 0.4) is 0 Å². The molecule has 0 spiro atoms. The molecule has 3 N–H and O–H groups in total. The van der Waals surface area contributed by atoms with E-state index >= 15 is 0 Å². The summed E-state index contributed by atoms with van der Waals surface area (Å²) in [6.45, 7) is 3.66. The third kappa shape index (κ3) is 2.01. The second-order valence-corrected chi connectivity index (χ2v) is 4.10. The summed E-state index contributed by atoms with van der Waals surface area (Å²) in [5.41, 5.74) is 7.02. The van der Waals surface area contributed by atoms with Crippen molar-refractivity contribution in [3.8, 4) is 0 Å². The lowest BCUT2D eigenvalue weighted by molar-refractivity contribution is 0.555. The van der Waals surface area contributed by atoms with Gasteiger partial charge < -0.3 is 11.1 Å². The minimum atomic E-state index is 0.346. The first-order chi connectivity index (χ1) is 6.74. The second-order valence-electron chi connectivity index (χ2n) is 4.10. The van der Waals surface area contributed by atoms with Gasteiger partial charge in [0, 0.05) is 18.3 Å². The largest absolute Gasteiger partial charge is 0.369 e. The number of nitrogens with two attached hydrogens (primary N) is 1. The SMILES string of the molecule is Cc1cc(NCC2(CN)CC2)ncn1. The maximum Gasteiger partial charge on any atom is 0.129 e. The van der Waals surface area contributed by atoms with E-state index in [1.807, 2.05) is 13.0 Å². The Hall–Kier alpha value is -1.16. The van der Waals surface area contributed by atoms with Crippen LogP contribution in [0.15, 0.2) is 12.4 Å². The minimum Gasteiger partial charge on any atom is -0.369 e. The first-order valence-corrected chi connectivity index (χ1v) is 4.97. The van der Waals surface area contributed by atoms with Gasteiger partial charge in [0.2, 0.25) is 0 Å². The molecule has 4 nitrogen and oxygen atoms in total. The minimum absolute atomic E-state index is 0.346. The lowest BCUT2D eigenvalue weighted by Gasteiger charge is -2.13. The summed E-state index contributed by atoms with van der Waals surface area (Å²) in [5.74, 6) is 0.900. The Morgan fingerprint density at radius 3 is 2.86 bits per heavy atom. The second kappa shape index (κ2) is 3.53. The number of aryl methyl sites for hydroxylation is 1. The van der Waals surface area contributed by atoms with Crippen LogP contribution in [-0.2, 0) is 0 Å². The fourth-order valence-electron chi connectivity index (χ4n) is 1.46. The van der Waals surface area contributed by atoms with Crippen molar-refractivity contribution in [3.63, 3.8) is 0 Å². The Morgan fingerprint density at radius 2 is 2.29 bits per heavy atom. The standard InChI is InChI=1S/C10H16N4/c1-8-4-9(14-7-13-8)12-6-10(5-11)2-3-10/h4,7H,2-3,5-6,11H2,1H3,(H,12,13,14). The van der Waals surface area contributed by atoms with E-state index in [-0.39, 0.29) is 0 Å². The van der Waals surface area contributed by atoms with Crippen molar-refractivity contribution in [2.45, 2.75) is 19.8 Å². The number of anilines is 1. The highest BCUT2D eigenvalue weighted by Crippen LogP contribution is 2.44. The number of nitrogens with zero attached hydrogens (tertiary/aromatic N) is 2. The summed E-state index contributed by atoms with van der Waals surface area (Å²) in [4.78, 5) is 8.19. The molecule has 0 bridgehead atoms. The van der Waals surface area contributed by atoms with Crippen molar-refractivity contribution in [3.05, 3.63) is 18.1 Å². The molecule has 76 valence electrons. The predicted molar refractivity (Wildman–Crippen MR) is 56.0 cm³/mol. The third-order valence-corrected chi connectivity index (χ3v) is 2.84. The molecule has 4 heteroatoms. The van der Waals surface area contributed by atoms with Crippen LogP contribution < -0.4 is 11.1 Å². The van der Waals surface area contributed by atoms with Crippen LogP contribution in [-0.4, -0.2) is 23.1 Å². The van der Waals surface area contributed by atoms with Gasteiger partial charge in [0.25, 0.3) is 0 Å². The average Bonchev–Trinajstić information content (AvgIpc) is 2.96. The highest BCUT2D eigenvalue weighted by atomic mass is 15.0. The summed E-state index contributed by atoms with van der Waals surface area (Å²) in [7, 11) is 0. The molecule has 0 aromatic carbocycles. The third-order valence-electron chi connectivity index (χ3n) is 2.84. The summed E-state index contributed by atoms with van der Waals surface area (Å²) in [6.07, 6.45) is 4.06. The lowest BCUT2D eigenvalue weighted by Crippen LogP contribution is -2.24. The molecule has 0 unspecified atom stereocenters. The van der Waals surface area contributed by atoms with Gasteiger partial charge in [-0.3, -0.25) is 0 Å². The van der Waals surface area contributed by atoms with Gasteiger partial charge in [0.1, 0.15) is 12.1 Å². The zero-order chi connectivity index (χ0) is 10.0. The molecule has 1 fully saturated rings. The highest BCUT2D eigenvalue weighted by Gasteiger charge is 2.40. The van der Waals surface area contributed by atoms with Crippen molar-refractivity contribution in [2.24, 2.45) is 11.1 Å². The normalized spacial score (nSPS) is 17.9. The smallest absolute Gasteiger partial charge is 0.129 e. The average molecular weight is 192 g/mol. The maximum atomic E-state index is 5.69. The lowest BCUT2D eigenvalue weighted by atomic mass is 10.1. The fourth-order valence-corrected chi connectivity index (χ4v) is 1.46. The molecule has 0 amide bonds. The predicted octanol–water partition coefficient (Wildman–Crippen LogP) is 0.936. The number of nitrogens with one attached hydrogen (secondary N) is 1. The van der Waals surface area contributed by atoms with E-state index in [0.29, 0.717) is 5.41 Å². The van der Waals surface area contributed by atoms with Gasteiger partial charge in [0.05, 0.1) is 0 Å². The molecule has 1 heterocycles. The van der Waals surface area contributed by atoms with Gasteiger partial charge in [-0.05, 0) is 31.7 Å². The number of hydrogen-bond donors (Lipinski definition) is 2. The summed E-state index contributed by atoms with van der Waals surface area (Å²) in [6, 6.07) is 1.95. The molecular formula is C10H16N4. The Bertz CT molecular complexity index is 320. The van der Waals surface area contributed by atoms with Crippen LogP contribution in [0.1, 0.15) is 18.5 Å². The molecule has 1 aromatic rings. The van der Waals surface area contributed by atoms with Crippen LogP contribution in [0.2, 0.25) is 0 Å². The molecule has 0 saturated heterocycles. The first-order valence-electron chi connectivity index (χ1n) is 4.97. The van der Waals surface area contributed by atoms with Crippen molar-refractivity contribution in [1.82, 2.24) is 9.97 Å². The number of hydrogen-bond acceptors (Lipinski definition) is 4. The summed E-state index contributed by atoms with van der Waals surface area (Å²) in [5, 5.41) is 3.31. The van der Waals surface area contributed by atoms with Crippen LogP contribution >= 0.6 is 0 Å². The molecule has 2 rings (SSSR count). The quantitative estimate of drug-likeness (QED) is 0.745. The van der Waals surface area contributed by atoms with Gasteiger partial charge in [-0.2, -0.15) is 0 Å². The van der Waals surface area contributed by atoms with Crippen molar-refractivity contribution in [1.29, 1.82) is 0 Å². The molecule has 0 radical (unpaired) electrons. The molecular weight excluding hydrogens is 176 g/mol. The van der Waals surface area contributed by atoms with Crippen LogP contribution in [0.25, 0.3) is 0 Å². The van der Waals surface area contributed by atoms with Crippen molar-refractivity contribution in [2.75, 3.05) is 18.4 Å². The van der Waals surface area contributed by atoms with Gasteiger partial charge in [-0.15, -0.1) is 0 Å². The topological polar surface area (TPSA) is 63.8 Å². The summed E-state index contributed by atoms with van der Waals surface area (Å²) >= 11 is 0.